The van der Waals surface area contributed by atoms with Crippen LogP contribution < -0.4 is 4.90 Å². The van der Waals surface area contributed by atoms with Crippen molar-refractivity contribution < 1.29 is 14.7 Å². The van der Waals surface area contributed by atoms with Gasteiger partial charge in [0.05, 0.1) is 6.54 Å². The molecule has 1 amide bonds. The first-order valence-electron chi connectivity index (χ1n) is 6.70. The molecule has 1 aliphatic heterocycles. The number of hydrogen-bond acceptors (Lipinski definition) is 4. The summed E-state index contributed by atoms with van der Waals surface area (Å²) in [6.07, 6.45) is 0. The highest BCUT2D eigenvalue weighted by atomic mass is 16.4. The van der Waals surface area contributed by atoms with Crippen LogP contribution in [-0.4, -0.2) is 53.0 Å². The Bertz CT molecular complexity index is 516. The summed E-state index contributed by atoms with van der Waals surface area (Å²) in [5.74, 6) is -0.00879. The fourth-order valence-corrected chi connectivity index (χ4v) is 2.26. The molecule has 0 aromatic carbocycles. The summed E-state index contributed by atoms with van der Waals surface area (Å²) >= 11 is 0. The van der Waals surface area contributed by atoms with Crippen LogP contribution in [0, 0.1) is 5.92 Å². The zero-order valence-corrected chi connectivity index (χ0v) is 11.7. The van der Waals surface area contributed by atoms with Gasteiger partial charge in [0.25, 0.3) is 0 Å². The van der Waals surface area contributed by atoms with E-state index in [4.69, 9.17) is 5.11 Å². The SMILES string of the molecule is CC(C)CN1CCN(c2cccc(C(=O)O)n2)CC1=O. The lowest BCUT2D eigenvalue weighted by atomic mass is 10.2. The van der Waals surface area contributed by atoms with Crippen molar-refractivity contribution in [1.82, 2.24) is 9.88 Å². The van der Waals surface area contributed by atoms with Gasteiger partial charge < -0.3 is 14.9 Å². The molecule has 2 heterocycles. The Morgan fingerprint density at radius 2 is 2.15 bits per heavy atom. The van der Waals surface area contributed by atoms with E-state index in [1.54, 1.807) is 12.1 Å². The number of nitrogens with zero attached hydrogens (tertiary/aromatic N) is 3. The van der Waals surface area contributed by atoms with Gasteiger partial charge in [-0.1, -0.05) is 19.9 Å². The van der Waals surface area contributed by atoms with Gasteiger partial charge >= 0.3 is 5.97 Å². The Labute approximate surface area is 118 Å². The maximum Gasteiger partial charge on any atom is 0.354 e. The third kappa shape index (κ3) is 3.26. The number of aromatic nitrogens is 1. The predicted octanol–water partition coefficient (Wildman–Crippen LogP) is 1.08. The topological polar surface area (TPSA) is 73.7 Å². The average Bonchev–Trinajstić information content (AvgIpc) is 2.40. The molecule has 0 atom stereocenters. The van der Waals surface area contributed by atoms with Crippen molar-refractivity contribution in [3.63, 3.8) is 0 Å². The van der Waals surface area contributed by atoms with Crippen LogP contribution in [0.3, 0.4) is 0 Å². The summed E-state index contributed by atoms with van der Waals surface area (Å²) in [5.41, 5.74) is -0.000408. The van der Waals surface area contributed by atoms with Crippen LogP contribution in [0.4, 0.5) is 5.82 Å². The lowest BCUT2D eigenvalue weighted by Gasteiger charge is -2.35. The Morgan fingerprint density at radius 1 is 1.40 bits per heavy atom. The van der Waals surface area contributed by atoms with Gasteiger partial charge in [-0.15, -0.1) is 0 Å². The Balaban J connectivity index is 2.07. The highest BCUT2D eigenvalue weighted by molar-refractivity contribution is 5.86. The molecule has 0 radical (unpaired) electrons. The van der Waals surface area contributed by atoms with E-state index in [1.165, 1.54) is 6.07 Å². The first-order valence-corrected chi connectivity index (χ1v) is 6.70. The van der Waals surface area contributed by atoms with Gasteiger partial charge in [0.1, 0.15) is 5.82 Å². The number of anilines is 1. The molecule has 0 spiro atoms. The summed E-state index contributed by atoms with van der Waals surface area (Å²) in [4.78, 5) is 30.7. The number of carboxylic acid groups (broad SMARTS) is 1. The molecule has 108 valence electrons. The van der Waals surface area contributed by atoms with Crippen molar-refractivity contribution in [2.24, 2.45) is 5.92 Å². The lowest BCUT2D eigenvalue weighted by molar-refractivity contribution is -0.131. The molecule has 0 unspecified atom stereocenters. The summed E-state index contributed by atoms with van der Waals surface area (Å²) in [7, 11) is 0. The van der Waals surface area contributed by atoms with Gasteiger partial charge in [-0.2, -0.15) is 0 Å². The second-order valence-electron chi connectivity index (χ2n) is 5.34. The molecule has 1 saturated heterocycles. The van der Waals surface area contributed by atoms with Crippen molar-refractivity contribution in [2.45, 2.75) is 13.8 Å². The van der Waals surface area contributed by atoms with E-state index in [0.29, 0.717) is 24.8 Å². The van der Waals surface area contributed by atoms with Crippen molar-refractivity contribution in [3.05, 3.63) is 23.9 Å². The number of carbonyl (C=O) groups is 2. The van der Waals surface area contributed by atoms with Gasteiger partial charge in [0.15, 0.2) is 5.69 Å². The molecule has 0 bridgehead atoms. The smallest absolute Gasteiger partial charge is 0.354 e. The molecule has 6 nitrogen and oxygen atoms in total. The van der Waals surface area contributed by atoms with E-state index < -0.39 is 5.97 Å². The number of carboxylic acids is 1. The first-order chi connectivity index (χ1) is 9.47. The quantitative estimate of drug-likeness (QED) is 0.891. The van der Waals surface area contributed by atoms with Crippen molar-refractivity contribution in [2.75, 3.05) is 31.1 Å². The van der Waals surface area contributed by atoms with Crippen molar-refractivity contribution in [1.29, 1.82) is 0 Å². The molecule has 1 fully saturated rings. The Morgan fingerprint density at radius 3 is 2.75 bits per heavy atom. The second-order valence-corrected chi connectivity index (χ2v) is 5.34. The van der Waals surface area contributed by atoms with E-state index in [0.717, 1.165) is 6.54 Å². The number of aromatic carboxylic acids is 1. The van der Waals surface area contributed by atoms with Crippen LogP contribution in [0.1, 0.15) is 24.3 Å². The van der Waals surface area contributed by atoms with Gasteiger partial charge in [-0.05, 0) is 18.1 Å². The van der Waals surface area contributed by atoms with Crippen LogP contribution in [0.25, 0.3) is 0 Å². The molecule has 6 heteroatoms. The number of carbonyl (C=O) groups excluding carboxylic acids is 1. The van der Waals surface area contributed by atoms with E-state index >= 15 is 0 Å². The van der Waals surface area contributed by atoms with Gasteiger partial charge in [-0.3, -0.25) is 4.79 Å². The van der Waals surface area contributed by atoms with Crippen LogP contribution in [0.5, 0.6) is 0 Å². The fourth-order valence-electron chi connectivity index (χ4n) is 2.26. The van der Waals surface area contributed by atoms with E-state index in [9.17, 15) is 9.59 Å². The minimum atomic E-state index is -1.06. The fraction of sp³-hybridized carbons (Fsp3) is 0.500. The summed E-state index contributed by atoms with van der Waals surface area (Å²) in [5, 5.41) is 8.94. The maximum atomic E-state index is 12.1. The Kier molecular flexibility index (Phi) is 4.22. The molecule has 1 N–H and O–H groups in total. The van der Waals surface area contributed by atoms with Crippen LogP contribution >= 0.6 is 0 Å². The third-order valence-electron chi connectivity index (χ3n) is 3.18. The standard InChI is InChI=1S/C14H19N3O3/c1-10(2)8-17-7-6-16(9-13(17)18)12-5-3-4-11(15-12)14(19)20/h3-5,10H,6-9H2,1-2H3,(H,19,20). The number of amides is 1. The average molecular weight is 277 g/mol. The second kappa shape index (κ2) is 5.90. The van der Waals surface area contributed by atoms with Gasteiger partial charge in [-0.25, -0.2) is 9.78 Å². The van der Waals surface area contributed by atoms with E-state index in [-0.39, 0.29) is 18.1 Å². The molecule has 0 aliphatic carbocycles. The van der Waals surface area contributed by atoms with E-state index in [1.807, 2.05) is 9.80 Å². The minimum Gasteiger partial charge on any atom is -0.477 e. The predicted molar refractivity (Wildman–Crippen MR) is 74.8 cm³/mol. The van der Waals surface area contributed by atoms with Gasteiger partial charge in [0.2, 0.25) is 5.91 Å². The molecule has 1 aromatic rings. The van der Waals surface area contributed by atoms with E-state index in [2.05, 4.69) is 18.8 Å². The molecule has 20 heavy (non-hydrogen) atoms. The van der Waals surface area contributed by atoms with Crippen molar-refractivity contribution >= 4 is 17.7 Å². The minimum absolute atomic E-state index is 0.000408. The molecule has 2 rings (SSSR count). The summed E-state index contributed by atoms with van der Waals surface area (Å²) in [6.45, 7) is 6.50. The van der Waals surface area contributed by atoms with Crippen LogP contribution in [0.15, 0.2) is 18.2 Å². The number of piperazine rings is 1. The van der Waals surface area contributed by atoms with Crippen molar-refractivity contribution in [3.8, 4) is 0 Å². The first kappa shape index (κ1) is 14.3. The Hall–Kier alpha value is -2.11. The monoisotopic (exact) mass is 277 g/mol. The largest absolute Gasteiger partial charge is 0.477 e. The molecule has 1 aromatic heterocycles. The maximum absolute atomic E-state index is 12.1. The third-order valence-corrected chi connectivity index (χ3v) is 3.18. The van der Waals surface area contributed by atoms with Crippen LogP contribution in [0.2, 0.25) is 0 Å². The number of pyridine rings is 1. The molecule has 1 aliphatic rings. The molecule has 0 saturated carbocycles. The molecular weight excluding hydrogens is 258 g/mol. The summed E-state index contributed by atoms with van der Waals surface area (Å²) < 4.78 is 0. The highest BCUT2D eigenvalue weighted by Crippen LogP contribution is 2.15. The normalized spacial score (nSPS) is 15.8. The zero-order chi connectivity index (χ0) is 14.7. The van der Waals surface area contributed by atoms with Gasteiger partial charge in [0, 0.05) is 19.6 Å². The lowest BCUT2D eigenvalue weighted by Crippen LogP contribution is -2.51. The number of hydrogen-bond donors (Lipinski definition) is 1. The summed E-state index contributed by atoms with van der Waals surface area (Å²) in [6, 6.07) is 4.83. The van der Waals surface area contributed by atoms with Crippen LogP contribution in [-0.2, 0) is 4.79 Å². The highest BCUT2D eigenvalue weighted by Gasteiger charge is 2.25. The zero-order valence-electron chi connectivity index (χ0n) is 11.7. The molecular formula is C14H19N3O3. The number of rotatable bonds is 4.